The number of nitrogens with zero attached hydrogens (tertiary/aromatic N) is 3. The van der Waals surface area contributed by atoms with Crippen molar-refractivity contribution in [2.45, 2.75) is 0 Å². The normalized spacial score (nSPS) is 9.71. The number of amides is 2. The molecule has 2 rings (SSSR count). The van der Waals surface area contributed by atoms with Gasteiger partial charge < -0.3 is 4.52 Å². The lowest BCUT2D eigenvalue weighted by Crippen LogP contribution is -2.20. The van der Waals surface area contributed by atoms with Crippen LogP contribution in [0.2, 0.25) is 0 Å². The Morgan fingerprint density at radius 2 is 2.43 bits per heavy atom. The Morgan fingerprint density at radius 1 is 1.50 bits per heavy atom. The lowest BCUT2D eigenvalue weighted by molar-refractivity contribution is 0.261. The van der Waals surface area contributed by atoms with Crippen molar-refractivity contribution < 1.29 is 9.32 Å². The van der Waals surface area contributed by atoms with Crippen molar-refractivity contribution >= 4 is 17.8 Å². The van der Waals surface area contributed by atoms with Crippen LogP contribution in [-0.2, 0) is 0 Å². The van der Waals surface area contributed by atoms with E-state index in [0.29, 0.717) is 5.82 Å². The van der Waals surface area contributed by atoms with Gasteiger partial charge in [0.15, 0.2) is 5.82 Å². The third kappa shape index (κ3) is 1.86. The van der Waals surface area contributed by atoms with E-state index in [1.54, 1.807) is 0 Å². The van der Waals surface area contributed by atoms with Gasteiger partial charge in [0.25, 0.3) is 0 Å². The van der Waals surface area contributed by atoms with Crippen LogP contribution in [0.3, 0.4) is 0 Å². The summed E-state index contributed by atoms with van der Waals surface area (Å²) in [7, 11) is 0. The van der Waals surface area contributed by atoms with Gasteiger partial charge >= 0.3 is 6.03 Å². The van der Waals surface area contributed by atoms with E-state index in [1.807, 2.05) is 0 Å². The van der Waals surface area contributed by atoms with Gasteiger partial charge in [-0.3, -0.25) is 10.6 Å². The van der Waals surface area contributed by atoms with E-state index in [2.05, 4.69) is 35.5 Å². The number of hydrogen-bond acceptors (Lipinski definition) is 5. The first-order valence-electron chi connectivity index (χ1n) is 3.68. The Hall–Kier alpha value is -2.38. The number of hydrogen-bond donors (Lipinski definition) is 3. The quantitative estimate of drug-likeness (QED) is 0.642. The van der Waals surface area contributed by atoms with Crippen LogP contribution >= 0.6 is 0 Å². The van der Waals surface area contributed by atoms with Crippen molar-refractivity contribution in [3.8, 4) is 0 Å². The van der Waals surface area contributed by atoms with Gasteiger partial charge in [0, 0.05) is 6.07 Å². The predicted molar refractivity (Wildman–Crippen MR) is 45.5 cm³/mol. The first-order chi connectivity index (χ1) is 6.84. The third-order valence-corrected chi connectivity index (χ3v) is 1.33. The van der Waals surface area contributed by atoms with Crippen molar-refractivity contribution in [1.29, 1.82) is 0 Å². The van der Waals surface area contributed by atoms with Crippen LogP contribution < -0.4 is 10.6 Å². The monoisotopic (exact) mass is 194 g/mol. The molecule has 3 N–H and O–H groups in total. The Labute approximate surface area is 77.7 Å². The highest BCUT2D eigenvalue weighted by molar-refractivity contribution is 5.97. The first kappa shape index (κ1) is 8.23. The Morgan fingerprint density at radius 3 is 3.07 bits per heavy atom. The van der Waals surface area contributed by atoms with Crippen LogP contribution in [-0.4, -0.2) is 26.4 Å². The van der Waals surface area contributed by atoms with E-state index in [9.17, 15) is 4.79 Å². The first-order valence-corrected chi connectivity index (χ1v) is 3.68. The molecule has 0 bridgehead atoms. The van der Waals surface area contributed by atoms with Crippen molar-refractivity contribution in [1.82, 2.24) is 20.3 Å². The number of aromatic nitrogens is 4. The summed E-state index contributed by atoms with van der Waals surface area (Å²) in [4.78, 5) is 14.9. The minimum atomic E-state index is -0.476. The van der Waals surface area contributed by atoms with Gasteiger partial charge in [-0.1, -0.05) is 5.16 Å². The maximum atomic E-state index is 11.2. The van der Waals surface area contributed by atoms with Crippen LogP contribution in [0.5, 0.6) is 0 Å². The number of aromatic amines is 1. The van der Waals surface area contributed by atoms with Gasteiger partial charge in [-0.05, 0) is 0 Å². The maximum absolute atomic E-state index is 11.2. The van der Waals surface area contributed by atoms with Crippen molar-refractivity contribution in [3.63, 3.8) is 0 Å². The van der Waals surface area contributed by atoms with E-state index >= 15 is 0 Å². The fraction of sp³-hybridized carbons (Fsp3) is 0. The summed E-state index contributed by atoms with van der Waals surface area (Å²) in [6.45, 7) is 0. The van der Waals surface area contributed by atoms with Gasteiger partial charge in [0.1, 0.15) is 12.6 Å². The second-order valence-electron chi connectivity index (χ2n) is 2.30. The van der Waals surface area contributed by atoms with Crippen LogP contribution in [0.1, 0.15) is 0 Å². The number of carbonyl (C=O) groups is 1. The molecule has 72 valence electrons. The number of urea groups is 1. The smallest absolute Gasteiger partial charge is 0.327 e. The molecule has 0 aliphatic heterocycles. The minimum absolute atomic E-state index is 0.256. The highest BCUT2D eigenvalue weighted by Crippen LogP contribution is 2.01. The van der Waals surface area contributed by atoms with Gasteiger partial charge in [0.2, 0.25) is 5.95 Å². The third-order valence-electron chi connectivity index (χ3n) is 1.33. The van der Waals surface area contributed by atoms with Crippen molar-refractivity contribution in [3.05, 3.63) is 18.7 Å². The molecule has 2 aromatic rings. The molecule has 0 saturated carbocycles. The van der Waals surface area contributed by atoms with Crippen molar-refractivity contribution in [2.24, 2.45) is 0 Å². The number of H-pyrrole nitrogens is 1. The summed E-state index contributed by atoms with van der Waals surface area (Å²) in [6, 6.07) is 1.04. The number of carbonyl (C=O) groups excluding carboxylic acids is 1. The second kappa shape index (κ2) is 3.56. The molecule has 0 aliphatic rings. The summed E-state index contributed by atoms with van der Waals surface area (Å²) in [5, 5.41) is 14.3. The standard InChI is InChI=1S/C6H6N6O2/c13-6(9-4-1-2-14-12-4)10-5-7-3-8-11-5/h1-3H,(H3,7,8,9,10,11,12,13). The molecule has 0 fully saturated rings. The topological polar surface area (TPSA) is 109 Å². The van der Waals surface area contributed by atoms with E-state index in [1.165, 1.54) is 18.7 Å². The minimum Gasteiger partial charge on any atom is -0.363 e. The largest absolute Gasteiger partial charge is 0.363 e. The van der Waals surface area contributed by atoms with Crippen molar-refractivity contribution in [2.75, 3.05) is 10.6 Å². The molecule has 0 atom stereocenters. The lowest BCUT2D eigenvalue weighted by atomic mass is 10.6. The summed E-state index contributed by atoms with van der Waals surface area (Å²) < 4.78 is 4.52. The molecule has 8 nitrogen and oxygen atoms in total. The van der Waals surface area contributed by atoms with Gasteiger partial charge in [-0.15, -0.1) is 0 Å². The molecule has 14 heavy (non-hydrogen) atoms. The summed E-state index contributed by atoms with van der Waals surface area (Å²) in [5.74, 6) is 0.577. The zero-order valence-corrected chi connectivity index (χ0v) is 6.89. The van der Waals surface area contributed by atoms with E-state index < -0.39 is 6.03 Å². The zero-order chi connectivity index (χ0) is 9.80. The number of rotatable bonds is 2. The predicted octanol–water partition coefficient (Wildman–Crippen LogP) is 0.437. The molecule has 2 amide bonds. The molecule has 0 saturated heterocycles. The molecule has 0 aromatic carbocycles. The highest BCUT2D eigenvalue weighted by Gasteiger charge is 2.05. The van der Waals surface area contributed by atoms with Crippen LogP contribution in [0.15, 0.2) is 23.2 Å². The molecule has 8 heteroatoms. The molecule has 0 spiro atoms. The van der Waals surface area contributed by atoms with E-state index in [0.717, 1.165) is 0 Å². The molecule has 2 aromatic heterocycles. The SMILES string of the molecule is O=C(Nc1ccon1)Nc1ncn[nH]1. The zero-order valence-electron chi connectivity index (χ0n) is 6.89. The average molecular weight is 194 g/mol. The average Bonchev–Trinajstić information content (AvgIpc) is 2.76. The summed E-state index contributed by atoms with van der Waals surface area (Å²) in [6.07, 6.45) is 2.63. The molecule has 0 radical (unpaired) electrons. The number of nitrogens with one attached hydrogen (secondary N) is 3. The summed E-state index contributed by atoms with van der Waals surface area (Å²) in [5.41, 5.74) is 0. The second-order valence-corrected chi connectivity index (χ2v) is 2.30. The van der Waals surface area contributed by atoms with Gasteiger partial charge in [0.05, 0.1) is 0 Å². The lowest BCUT2D eigenvalue weighted by Gasteiger charge is -1.99. The van der Waals surface area contributed by atoms with Gasteiger partial charge in [-0.25, -0.2) is 9.89 Å². The Balaban J connectivity index is 1.91. The van der Waals surface area contributed by atoms with Crippen LogP contribution in [0.25, 0.3) is 0 Å². The fourth-order valence-electron chi connectivity index (χ4n) is 0.798. The van der Waals surface area contributed by atoms with E-state index in [-0.39, 0.29) is 5.95 Å². The maximum Gasteiger partial charge on any atom is 0.327 e. The Bertz CT molecular complexity index is 356. The van der Waals surface area contributed by atoms with E-state index in [4.69, 9.17) is 0 Å². The Kier molecular flexibility index (Phi) is 2.09. The molecular formula is C6H6N6O2. The molecule has 0 unspecified atom stereocenters. The fourth-order valence-corrected chi connectivity index (χ4v) is 0.798. The van der Waals surface area contributed by atoms with Gasteiger partial charge in [-0.2, -0.15) is 10.1 Å². The number of anilines is 2. The van der Waals surface area contributed by atoms with Crippen LogP contribution in [0.4, 0.5) is 16.6 Å². The molecular weight excluding hydrogens is 188 g/mol. The molecule has 2 heterocycles. The highest BCUT2D eigenvalue weighted by atomic mass is 16.5. The molecule has 0 aliphatic carbocycles. The van der Waals surface area contributed by atoms with Crippen LogP contribution in [0, 0.1) is 0 Å². The summed E-state index contributed by atoms with van der Waals surface area (Å²) >= 11 is 0.